The van der Waals surface area contributed by atoms with E-state index in [9.17, 15) is 8.78 Å². The van der Waals surface area contributed by atoms with Gasteiger partial charge in [0, 0.05) is 18.4 Å². The van der Waals surface area contributed by atoms with Crippen LogP contribution in [0.2, 0.25) is 0 Å². The van der Waals surface area contributed by atoms with Crippen LogP contribution in [0.25, 0.3) is 0 Å². The highest BCUT2D eigenvalue weighted by Gasteiger charge is 2.04. The zero-order valence-electron chi connectivity index (χ0n) is 9.58. The van der Waals surface area contributed by atoms with E-state index < -0.39 is 11.6 Å². The van der Waals surface area contributed by atoms with Crippen molar-refractivity contribution >= 4 is 5.69 Å². The molecule has 1 aromatic carbocycles. The molecular formula is C13H14F2N2. The van der Waals surface area contributed by atoms with Crippen LogP contribution in [0.1, 0.15) is 12.6 Å². The lowest BCUT2D eigenvalue weighted by molar-refractivity contribution is 0.601. The Morgan fingerprint density at radius 2 is 2.06 bits per heavy atom. The SMILES string of the molecule is CCn1cccc1CNc1cc(F)ccc1F. The molecule has 0 radical (unpaired) electrons. The fourth-order valence-electron chi connectivity index (χ4n) is 1.74. The predicted molar refractivity (Wildman–Crippen MR) is 63.8 cm³/mol. The van der Waals surface area contributed by atoms with Crippen LogP contribution in [-0.4, -0.2) is 4.57 Å². The highest BCUT2D eigenvalue weighted by molar-refractivity contribution is 5.45. The number of aromatic nitrogens is 1. The third kappa shape index (κ3) is 2.64. The summed E-state index contributed by atoms with van der Waals surface area (Å²) in [5, 5.41) is 2.90. The van der Waals surface area contributed by atoms with Gasteiger partial charge in [-0.3, -0.25) is 0 Å². The van der Waals surface area contributed by atoms with E-state index in [0.717, 1.165) is 30.4 Å². The number of rotatable bonds is 4. The van der Waals surface area contributed by atoms with Gasteiger partial charge in [0.05, 0.1) is 12.2 Å². The van der Waals surface area contributed by atoms with E-state index in [-0.39, 0.29) is 5.69 Å². The van der Waals surface area contributed by atoms with Crippen LogP contribution in [-0.2, 0) is 13.1 Å². The van der Waals surface area contributed by atoms with Crippen molar-refractivity contribution in [2.75, 3.05) is 5.32 Å². The Bertz CT molecular complexity index is 506. The number of benzene rings is 1. The van der Waals surface area contributed by atoms with Crippen molar-refractivity contribution in [1.82, 2.24) is 4.57 Å². The lowest BCUT2D eigenvalue weighted by Crippen LogP contribution is -2.07. The number of aryl methyl sites for hydroxylation is 1. The topological polar surface area (TPSA) is 17.0 Å². The molecule has 0 fully saturated rings. The number of halogens is 2. The molecule has 0 saturated heterocycles. The number of hydrogen-bond acceptors (Lipinski definition) is 1. The molecule has 1 aromatic heterocycles. The summed E-state index contributed by atoms with van der Waals surface area (Å²) in [6.45, 7) is 3.36. The van der Waals surface area contributed by atoms with Crippen LogP contribution in [0.15, 0.2) is 36.5 Å². The van der Waals surface area contributed by atoms with Gasteiger partial charge in [0.15, 0.2) is 0 Å². The minimum absolute atomic E-state index is 0.189. The largest absolute Gasteiger partial charge is 0.377 e. The van der Waals surface area contributed by atoms with E-state index in [1.165, 1.54) is 0 Å². The molecule has 0 amide bonds. The smallest absolute Gasteiger partial charge is 0.146 e. The van der Waals surface area contributed by atoms with Gasteiger partial charge in [0.1, 0.15) is 11.6 Å². The average Bonchev–Trinajstić information content (AvgIpc) is 2.77. The first-order valence-electron chi connectivity index (χ1n) is 5.53. The summed E-state index contributed by atoms with van der Waals surface area (Å²) in [5.41, 5.74) is 1.23. The average molecular weight is 236 g/mol. The van der Waals surface area contributed by atoms with Crippen LogP contribution in [0, 0.1) is 11.6 Å². The van der Waals surface area contributed by atoms with Crippen molar-refractivity contribution < 1.29 is 8.78 Å². The van der Waals surface area contributed by atoms with Crippen LogP contribution in [0.3, 0.4) is 0 Å². The Morgan fingerprint density at radius 1 is 1.24 bits per heavy atom. The van der Waals surface area contributed by atoms with Gasteiger partial charge in [-0.2, -0.15) is 0 Å². The summed E-state index contributed by atoms with van der Waals surface area (Å²) in [7, 11) is 0. The Hall–Kier alpha value is -1.84. The molecule has 0 spiro atoms. The van der Waals surface area contributed by atoms with Gasteiger partial charge in [-0.15, -0.1) is 0 Å². The predicted octanol–water partition coefficient (Wildman–Crippen LogP) is 3.40. The van der Waals surface area contributed by atoms with Crippen molar-refractivity contribution in [2.45, 2.75) is 20.0 Å². The van der Waals surface area contributed by atoms with Gasteiger partial charge in [0.25, 0.3) is 0 Å². The standard InChI is InChI=1S/C13H14F2N2/c1-2-17-7-3-4-11(17)9-16-13-8-10(14)5-6-12(13)15/h3-8,16H,2,9H2,1H3. The zero-order valence-corrected chi connectivity index (χ0v) is 9.58. The molecule has 0 atom stereocenters. The molecule has 0 aliphatic carbocycles. The molecule has 17 heavy (non-hydrogen) atoms. The minimum Gasteiger partial charge on any atom is -0.377 e. The van der Waals surface area contributed by atoms with Gasteiger partial charge in [-0.25, -0.2) is 8.78 Å². The van der Waals surface area contributed by atoms with Gasteiger partial charge < -0.3 is 9.88 Å². The van der Waals surface area contributed by atoms with Gasteiger partial charge >= 0.3 is 0 Å². The summed E-state index contributed by atoms with van der Waals surface area (Å²) in [6.07, 6.45) is 1.96. The Balaban J connectivity index is 2.09. The second-order valence-corrected chi connectivity index (χ2v) is 3.76. The maximum Gasteiger partial charge on any atom is 0.146 e. The third-order valence-corrected chi connectivity index (χ3v) is 2.65. The van der Waals surface area contributed by atoms with Crippen molar-refractivity contribution in [3.8, 4) is 0 Å². The van der Waals surface area contributed by atoms with E-state index in [1.807, 2.05) is 29.8 Å². The lowest BCUT2D eigenvalue weighted by Gasteiger charge is -2.10. The van der Waals surface area contributed by atoms with Gasteiger partial charge in [-0.05, 0) is 37.3 Å². The first-order valence-corrected chi connectivity index (χ1v) is 5.53. The Labute approximate surface area is 98.9 Å². The first-order chi connectivity index (χ1) is 8.20. The summed E-state index contributed by atoms with van der Waals surface area (Å²) in [5.74, 6) is -0.888. The first kappa shape index (κ1) is 11.6. The zero-order chi connectivity index (χ0) is 12.3. The number of nitrogens with one attached hydrogen (secondary N) is 1. The molecule has 1 heterocycles. The fraction of sp³-hybridized carbons (Fsp3) is 0.231. The normalized spacial score (nSPS) is 10.5. The van der Waals surface area contributed by atoms with Crippen LogP contribution in [0.4, 0.5) is 14.5 Å². The Morgan fingerprint density at radius 3 is 2.82 bits per heavy atom. The number of nitrogens with zero attached hydrogens (tertiary/aromatic N) is 1. The lowest BCUT2D eigenvalue weighted by atomic mass is 10.3. The van der Waals surface area contributed by atoms with E-state index in [2.05, 4.69) is 5.32 Å². The summed E-state index contributed by atoms with van der Waals surface area (Å²) in [4.78, 5) is 0. The van der Waals surface area contributed by atoms with Crippen molar-refractivity contribution in [3.05, 3.63) is 53.9 Å². The molecule has 90 valence electrons. The van der Waals surface area contributed by atoms with E-state index in [1.54, 1.807) is 0 Å². The van der Waals surface area contributed by atoms with E-state index in [4.69, 9.17) is 0 Å². The summed E-state index contributed by atoms with van der Waals surface area (Å²) < 4.78 is 28.3. The van der Waals surface area contributed by atoms with Crippen LogP contribution in [0.5, 0.6) is 0 Å². The molecule has 0 saturated carbocycles. The van der Waals surface area contributed by atoms with Gasteiger partial charge in [-0.1, -0.05) is 0 Å². The molecular weight excluding hydrogens is 222 g/mol. The molecule has 0 aliphatic rings. The molecule has 4 heteroatoms. The quantitative estimate of drug-likeness (QED) is 0.860. The van der Waals surface area contributed by atoms with Crippen molar-refractivity contribution in [3.63, 3.8) is 0 Å². The van der Waals surface area contributed by atoms with Crippen molar-refractivity contribution in [2.24, 2.45) is 0 Å². The minimum atomic E-state index is -0.445. The molecule has 0 unspecified atom stereocenters. The van der Waals surface area contributed by atoms with Crippen LogP contribution < -0.4 is 5.32 Å². The summed E-state index contributed by atoms with van der Waals surface area (Å²) >= 11 is 0. The van der Waals surface area contributed by atoms with E-state index >= 15 is 0 Å². The maximum absolute atomic E-state index is 13.3. The molecule has 2 aromatic rings. The second-order valence-electron chi connectivity index (χ2n) is 3.76. The molecule has 0 bridgehead atoms. The van der Waals surface area contributed by atoms with Crippen molar-refractivity contribution in [1.29, 1.82) is 0 Å². The number of hydrogen-bond donors (Lipinski definition) is 1. The summed E-state index contributed by atoms with van der Waals surface area (Å²) in [6, 6.07) is 7.27. The molecule has 0 aliphatic heterocycles. The fourth-order valence-corrected chi connectivity index (χ4v) is 1.74. The van der Waals surface area contributed by atoms with Crippen LogP contribution >= 0.6 is 0 Å². The second kappa shape index (κ2) is 4.99. The number of anilines is 1. The Kier molecular flexibility index (Phi) is 3.42. The van der Waals surface area contributed by atoms with E-state index in [0.29, 0.717) is 6.54 Å². The monoisotopic (exact) mass is 236 g/mol. The molecule has 2 rings (SSSR count). The molecule has 1 N–H and O–H groups in total. The van der Waals surface area contributed by atoms with Gasteiger partial charge in [0.2, 0.25) is 0 Å². The highest BCUT2D eigenvalue weighted by atomic mass is 19.1. The highest BCUT2D eigenvalue weighted by Crippen LogP contribution is 2.16. The third-order valence-electron chi connectivity index (χ3n) is 2.65. The maximum atomic E-state index is 13.3. The molecule has 2 nitrogen and oxygen atoms in total.